The van der Waals surface area contributed by atoms with Crippen LogP contribution in [-0.4, -0.2) is 13.3 Å². The number of rotatable bonds is 4. The first-order chi connectivity index (χ1) is 9.63. The van der Waals surface area contributed by atoms with Crippen LogP contribution in [0.15, 0.2) is 42.5 Å². The van der Waals surface area contributed by atoms with Gasteiger partial charge in [-0.3, -0.25) is 4.79 Å². The molecule has 0 atom stereocenters. The molecule has 0 spiro atoms. The van der Waals surface area contributed by atoms with Crippen LogP contribution in [0.25, 0.3) is 0 Å². The second-order valence-corrected chi connectivity index (χ2v) is 4.49. The molecule has 0 aliphatic carbocycles. The van der Waals surface area contributed by atoms with E-state index >= 15 is 0 Å². The molecule has 20 heavy (non-hydrogen) atoms. The summed E-state index contributed by atoms with van der Waals surface area (Å²) in [5.74, 6) is -0.285. The molecule has 0 amide bonds. The summed E-state index contributed by atoms with van der Waals surface area (Å²) in [5, 5.41) is 9.14. The third-order valence-corrected chi connectivity index (χ3v) is 3.00. The Bertz CT molecular complexity index is 676. The van der Waals surface area contributed by atoms with Gasteiger partial charge in [0.15, 0.2) is 0 Å². The highest BCUT2D eigenvalue weighted by atomic mass is 19.1. The van der Waals surface area contributed by atoms with Crippen LogP contribution in [0.2, 0.25) is 0 Å². The second-order valence-electron chi connectivity index (χ2n) is 4.49. The minimum absolute atomic E-state index is 0.285. The van der Waals surface area contributed by atoms with Gasteiger partial charge in [0.25, 0.3) is 0 Å². The maximum atomic E-state index is 13.2. The van der Waals surface area contributed by atoms with Crippen molar-refractivity contribution in [2.24, 2.45) is 0 Å². The van der Waals surface area contributed by atoms with Crippen LogP contribution in [-0.2, 0) is 6.54 Å². The number of carbonyl (C=O) groups excluding carboxylic acids is 1. The van der Waals surface area contributed by atoms with Crippen molar-refractivity contribution in [1.82, 2.24) is 0 Å². The van der Waals surface area contributed by atoms with Gasteiger partial charge in [0.1, 0.15) is 18.2 Å². The van der Waals surface area contributed by atoms with E-state index in [-0.39, 0.29) is 5.82 Å². The summed E-state index contributed by atoms with van der Waals surface area (Å²) in [6.45, 7) is 0.479. The lowest BCUT2D eigenvalue weighted by atomic mass is 10.1. The van der Waals surface area contributed by atoms with E-state index in [9.17, 15) is 9.18 Å². The first-order valence-corrected chi connectivity index (χ1v) is 6.09. The van der Waals surface area contributed by atoms with Gasteiger partial charge < -0.3 is 4.90 Å². The Morgan fingerprint density at radius 3 is 2.75 bits per heavy atom. The molecule has 2 rings (SSSR count). The van der Waals surface area contributed by atoms with E-state index in [4.69, 9.17) is 5.26 Å². The largest absolute Gasteiger partial charge is 0.369 e. The fourth-order valence-electron chi connectivity index (χ4n) is 2.04. The Balaban J connectivity index is 2.27. The molecule has 0 fully saturated rings. The minimum Gasteiger partial charge on any atom is -0.369 e. The van der Waals surface area contributed by atoms with Crippen molar-refractivity contribution >= 4 is 12.0 Å². The van der Waals surface area contributed by atoms with Gasteiger partial charge >= 0.3 is 0 Å². The van der Waals surface area contributed by atoms with Crippen LogP contribution in [0, 0.1) is 17.1 Å². The smallest absolute Gasteiger partial charge is 0.150 e. The third-order valence-electron chi connectivity index (χ3n) is 3.00. The van der Waals surface area contributed by atoms with E-state index in [1.54, 1.807) is 24.3 Å². The van der Waals surface area contributed by atoms with E-state index in [0.29, 0.717) is 29.6 Å². The van der Waals surface area contributed by atoms with Crippen molar-refractivity contribution in [3.8, 4) is 6.07 Å². The van der Waals surface area contributed by atoms with Gasteiger partial charge in [-0.2, -0.15) is 5.26 Å². The van der Waals surface area contributed by atoms with E-state index in [0.717, 1.165) is 5.56 Å². The molecule has 4 heteroatoms. The lowest BCUT2D eigenvalue weighted by Gasteiger charge is -2.20. The summed E-state index contributed by atoms with van der Waals surface area (Å²) in [6.07, 6.45) is 0.706. The van der Waals surface area contributed by atoms with Gasteiger partial charge in [0.2, 0.25) is 0 Å². The van der Waals surface area contributed by atoms with Gasteiger partial charge in [0.05, 0.1) is 11.3 Å². The standard InChI is InChI=1S/C16H13FN2O/c1-19(10-12-3-2-4-15(17)8-12)16-6-5-13(11-20)7-14(16)9-18/h2-8,11H,10H2,1H3. The topological polar surface area (TPSA) is 44.1 Å². The predicted molar refractivity (Wildman–Crippen MR) is 75.1 cm³/mol. The molecule has 0 saturated carbocycles. The van der Waals surface area contributed by atoms with Crippen LogP contribution >= 0.6 is 0 Å². The maximum absolute atomic E-state index is 13.2. The van der Waals surface area contributed by atoms with Crippen LogP contribution in [0.3, 0.4) is 0 Å². The average molecular weight is 268 g/mol. The molecule has 0 aliphatic heterocycles. The van der Waals surface area contributed by atoms with Crippen molar-refractivity contribution in [2.45, 2.75) is 6.54 Å². The third kappa shape index (κ3) is 3.01. The zero-order chi connectivity index (χ0) is 14.5. The summed E-state index contributed by atoms with van der Waals surface area (Å²) in [7, 11) is 1.82. The quantitative estimate of drug-likeness (QED) is 0.800. The van der Waals surface area contributed by atoms with E-state index in [1.165, 1.54) is 12.1 Å². The van der Waals surface area contributed by atoms with Crippen molar-refractivity contribution in [1.29, 1.82) is 5.26 Å². The van der Waals surface area contributed by atoms with E-state index < -0.39 is 0 Å². The van der Waals surface area contributed by atoms with Gasteiger partial charge in [-0.05, 0) is 35.9 Å². The molecule has 2 aromatic carbocycles. The highest BCUT2D eigenvalue weighted by Gasteiger charge is 2.09. The zero-order valence-electron chi connectivity index (χ0n) is 11.0. The molecule has 0 radical (unpaired) electrons. The number of nitrogens with zero attached hydrogens (tertiary/aromatic N) is 2. The molecule has 0 aromatic heterocycles. The number of benzene rings is 2. The number of carbonyl (C=O) groups is 1. The van der Waals surface area contributed by atoms with Crippen LogP contribution in [0.5, 0.6) is 0 Å². The Kier molecular flexibility index (Phi) is 4.11. The highest BCUT2D eigenvalue weighted by Crippen LogP contribution is 2.21. The van der Waals surface area contributed by atoms with Gasteiger partial charge in [-0.1, -0.05) is 12.1 Å². The fourth-order valence-corrected chi connectivity index (χ4v) is 2.04. The maximum Gasteiger partial charge on any atom is 0.150 e. The lowest BCUT2D eigenvalue weighted by molar-refractivity contribution is 0.112. The molecule has 3 nitrogen and oxygen atoms in total. The Morgan fingerprint density at radius 2 is 2.10 bits per heavy atom. The average Bonchev–Trinajstić information content (AvgIpc) is 2.46. The Hall–Kier alpha value is -2.67. The number of aldehydes is 1. The molecular weight excluding hydrogens is 255 g/mol. The fraction of sp³-hybridized carbons (Fsp3) is 0.125. The predicted octanol–water partition coefficient (Wildman–Crippen LogP) is 3.15. The summed E-state index contributed by atoms with van der Waals surface area (Å²) in [4.78, 5) is 12.6. The van der Waals surface area contributed by atoms with E-state index in [2.05, 4.69) is 6.07 Å². The Morgan fingerprint density at radius 1 is 1.30 bits per heavy atom. The molecule has 0 aliphatic rings. The van der Waals surface area contributed by atoms with Crippen LogP contribution in [0.4, 0.5) is 10.1 Å². The summed E-state index contributed by atoms with van der Waals surface area (Å²) >= 11 is 0. The number of halogens is 1. The zero-order valence-corrected chi connectivity index (χ0v) is 11.0. The summed E-state index contributed by atoms with van der Waals surface area (Å²) < 4.78 is 13.2. The number of hydrogen-bond donors (Lipinski definition) is 0. The lowest BCUT2D eigenvalue weighted by Crippen LogP contribution is -2.17. The van der Waals surface area contributed by atoms with E-state index in [1.807, 2.05) is 18.0 Å². The SMILES string of the molecule is CN(Cc1cccc(F)c1)c1ccc(C=O)cc1C#N. The van der Waals surface area contributed by atoms with Gasteiger partial charge in [-0.15, -0.1) is 0 Å². The summed E-state index contributed by atoms with van der Waals surface area (Å²) in [5.41, 5.74) is 2.41. The van der Waals surface area contributed by atoms with Gasteiger partial charge in [-0.25, -0.2) is 4.39 Å². The number of nitriles is 1. The van der Waals surface area contributed by atoms with Crippen molar-refractivity contribution in [3.05, 3.63) is 65.0 Å². The number of hydrogen-bond acceptors (Lipinski definition) is 3. The first kappa shape index (κ1) is 13.8. The molecule has 100 valence electrons. The highest BCUT2D eigenvalue weighted by molar-refractivity contribution is 5.78. The number of anilines is 1. The van der Waals surface area contributed by atoms with Crippen molar-refractivity contribution in [2.75, 3.05) is 11.9 Å². The van der Waals surface area contributed by atoms with Crippen LogP contribution in [0.1, 0.15) is 21.5 Å². The molecule has 0 saturated heterocycles. The first-order valence-electron chi connectivity index (χ1n) is 6.09. The van der Waals surface area contributed by atoms with Crippen molar-refractivity contribution < 1.29 is 9.18 Å². The molecule has 2 aromatic rings. The van der Waals surface area contributed by atoms with Crippen molar-refractivity contribution in [3.63, 3.8) is 0 Å². The molecular formula is C16H13FN2O. The molecule has 0 N–H and O–H groups in total. The molecule has 0 heterocycles. The Labute approximate surface area is 116 Å². The molecule has 0 bridgehead atoms. The monoisotopic (exact) mass is 268 g/mol. The summed E-state index contributed by atoms with van der Waals surface area (Å²) in [6, 6.07) is 13.3. The minimum atomic E-state index is -0.285. The van der Waals surface area contributed by atoms with Gasteiger partial charge in [0, 0.05) is 19.2 Å². The normalized spacial score (nSPS) is 9.85. The second kappa shape index (κ2) is 5.98. The van der Waals surface area contributed by atoms with Crippen LogP contribution < -0.4 is 4.90 Å². The molecule has 0 unspecified atom stereocenters.